The van der Waals surface area contributed by atoms with Crippen LogP contribution in [0.15, 0.2) is 30.3 Å². The minimum Gasteiger partial charge on any atom is -0.444 e. The van der Waals surface area contributed by atoms with E-state index < -0.39 is 30.0 Å². The average molecular weight is 397 g/mol. The van der Waals surface area contributed by atoms with Gasteiger partial charge in [-0.1, -0.05) is 30.3 Å². The number of benzene rings is 1. The molecule has 1 amide bonds. The largest absolute Gasteiger partial charge is 0.508 e. The molecule has 0 aliphatic rings. The van der Waals surface area contributed by atoms with Crippen LogP contribution < -0.4 is 0 Å². The summed E-state index contributed by atoms with van der Waals surface area (Å²) in [5.74, 6) is 0. The third kappa shape index (κ3) is 8.61. The van der Waals surface area contributed by atoms with E-state index in [2.05, 4.69) is 9.47 Å². The highest BCUT2D eigenvalue weighted by atomic mass is 16.7. The predicted octanol–water partition coefficient (Wildman–Crippen LogP) is 3.36. The molecule has 9 nitrogen and oxygen atoms in total. The van der Waals surface area contributed by atoms with E-state index >= 15 is 0 Å². The molecule has 0 fully saturated rings. The van der Waals surface area contributed by atoms with Gasteiger partial charge in [-0.15, -0.1) is 0 Å². The fourth-order valence-corrected chi connectivity index (χ4v) is 2.12. The van der Waals surface area contributed by atoms with Crippen molar-refractivity contribution in [2.75, 3.05) is 27.4 Å². The standard InChI is InChI=1S/C19H27NO8/c1-19(2,3)28-16(21)20(11-14-9-7-6-8-10-14)15(12-26-17(22)24-4)13-27-18(23)25-5/h6-10,15H,11-13H2,1-5H3. The first-order valence-electron chi connectivity index (χ1n) is 8.61. The molecule has 1 aromatic rings. The summed E-state index contributed by atoms with van der Waals surface area (Å²) < 4.78 is 24.3. The Morgan fingerprint density at radius 3 is 1.86 bits per heavy atom. The van der Waals surface area contributed by atoms with Crippen molar-refractivity contribution in [3.05, 3.63) is 35.9 Å². The van der Waals surface area contributed by atoms with E-state index in [1.54, 1.807) is 20.8 Å². The van der Waals surface area contributed by atoms with Crippen molar-refractivity contribution < 1.29 is 38.1 Å². The van der Waals surface area contributed by atoms with Crippen molar-refractivity contribution in [2.24, 2.45) is 0 Å². The van der Waals surface area contributed by atoms with E-state index in [-0.39, 0.29) is 19.8 Å². The Morgan fingerprint density at radius 2 is 1.43 bits per heavy atom. The number of methoxy groups -OCH3 is 2. The van der Waals surface area contributed by atoms with Crippen LogP contribution in [0.25, 0.3) is 0 Å². The lowest BCUT2D eigenvalue weighted by atomic mass is 10.1. The van der Waals surface area contributed by atoms with Gasteiger partial charge in [0.15, 0.2) is 0 Å². The smallest absolute Gasteiger partial charge is 0.444 e. The molecule has 9 heteroatoms. The molecule has 0 N–H and O–H groups in total. The fourth-order valence-electron chi connectivity index (χ4n) is 2.12. The summed E-state index contributed by atoms with van der Waals surface area (Å²) in [4.78, 5) is 36.9. The molecule has 0 aliphatic heterocycles. The second kappa shape index (κ2) is 11.0. The van der Waals surface area contributed by atoms with Gasteiger partial charge in [0.05, 0.1) is 14.2 Å². The zero-order chi connectivity index (χ0) is 21.2. The van der Waals surface area contributed by atoms with E-state index in [4.69, 9.17) is 14.2 Å². The second-order valence-corrected chi connectivity index (χ2v) is 6.78. The zero-order valence-corrected chi connectivity index (χ0v) is 16.8. The second-order valence-electron chi connectivity index (χ2n) is 6.78. The Hall–Kier alpha value is -2.97. The number of rotatable bonds is 7. The molecule has 156 valence electrons. The van der Waals surface area contributed by atoms with Crippen molar-refractivity contribution in [3.63, 3.8) is 0 Å². The summed E-state index contributed by atoms with van der Waals surface area (Å²) >= 11 is 0. The van der Waals surface area contributed by atoms with Gasteiger partial charge >= 0.3 is 18.4 Å². The Labute approximate surface area is 164 Å². The van der Waals surface area contributed by atoms with Crippen LogP contribution in [-0.2, 0) is 30.2 Å². The number of ether oxygens (including phenoxy) is 5. The van der Waals surface area contributed by atoms with Gasteiger partial charge in [0.25, 0.3) is 0 Å². The molecule has 0 unspecified atom stereocenters. The first-order valence-corrected chi connectivity index (χ1v) is 8.61. The van der Waals surface area contributed by atoms with Gasteiger partial charge in [-0.3, -0.25) is 4.90 Å². The monoisotopic (exact) mass is 397 g/mol. The van der Waals surface area contributed by atoms with Crippen LogP contribution in [0.4, 0.5) is 14.4 Å². The molecule has 0 saturated heterocycles. The zero-order valence-electron chi connectivity index (χ0n) is 16.8. The summed E-state index contributed by atoms with van der Waals surface area (Å²) in [7, 11) is 2.33. The van der Waals surface area contributed by atoms with Gasteiger partial charge in [-0.2, -0.15) is 0 Å². The molecular formula is C19H27NO8. The molecule has 1 aromatic carbocycles. The lowest BCUT2D eigenvalue weighted by Crippen LogP contribution is -2.48. The molecule has 0 atom stereocenters. The topological polar surface area (TPSA) is 101 Å². The lowest BCUT2D eigenvalue weighted by Gasteiger charge is -2.32. The predicted molar refractivity (Wildman–Crippen MR) is 98.7 cm³/mol. The molecule has 0 aromatic heterocycles. The van der Waals surface area contributed by atoms with Crippen LogP contribution >= 0.6 is 0 Å². The van der Waals surface area contributed by atoms with Crippen LogP contribution in [0.3, 0.4) is 0 Å². The van der Waals surface area contributed by atoms with Gasteiger partial charge in [0, 0.05) is 6.54 Å². The third-order valence-corrected chi connectivity index (χ3v) is 3.38. The van der Waals surface area contributed by atoms with Crippen LogP contribution in [-0.4, -0.2) is 62.4 Å². The van der Waals surface area contributed by atoms with Crippen LogP contribution in [0, 0.1) is 0 Å². The molecule has 0 radical (unpaired) electrons. The molecule has 28 heavy (non-hydrogen) atoms. The molecule has 1 rings (SSSR count). The van der Waals surface area contributed by atoms with Crippen molar-refractivity contribution in [3.8, 4) is 0 Å². The van der Waals surface area contributed by atoms with E-state index in [0.717, 1.165) is 19.8 Å². The van der Waals surface area contributed by atoms with E-state index in [1.807, 2.05) is 30.3 Å². The van der Waals surface area contributed by atoms with E-state index in [0.29, 0.717) is 0 Å². The Kier molecular flexibility index (Phi) is 9.07. The van der Waals surface area contributed by atoms with Crippen LogP contribution in [0.2, 0.25) is 0 Å². The molecule has 0 spiro atoms. The first kappa shape index (κ1) is 23.1. The highest BCUT2D eigenvalue weighted by Crippen LogP contribution is 2.16. The van der Waals surface area contributed by atoms with Crippen molar-refractivity contribution in [1.82, 2.24) is 4.90 Å². The number of carbonyl (C=O) groups excluding carboxylic acids is 3. The maximum Gasteiger partial charge on any atom is 0.508 e. The fraction of sp³-hybridized carbons (Fsp3) is 0.526. The normalized spacial score (nSPS) is 10.8. The quantitative estimate of drug-likeness (QED) is 0.510. The average Bonchev–Trinajstić information content (AvgIpc) is 2.65. The summed E-state index contributed by atoms with van der Waals surface area (Å²) in [6.45, 7) is 4.81. The molecule has 0 saturated carbocycles. The minimum absolute atomic E-state index is 0.148. The summed E-state index contributed by atoms with van der Waals surface area (Å²) in [5.41, 5.74) is 0.0673. The first-order chi connectivity index (χ1) is 13.2. The van der Waals surface area contributed by atoms with Crippen molar-refractivity contribution >= 4 is 18.4 Å². The summed E-state index contributed by atoms with van der Waals surface area (Å²) in [5, 5.41) is 0. The van der Waals surface area contributed by atoms with E-state index in [9.17, 15) is 14.4 Å². The molecule has 0 bridgehead atoms. The molecule has 0 heterocycles. The van der Waals surface area contributed by atoms with Gasteiger partial charge in [0.1, 0.15) is 24.9 Å². The number of carbonyl (C=O) groups is 3. The van der Waals surface area contributed by atoms with E-state index in [1.165, 1.54) is 4.90 Å². The van der Waals surface area contributed by atoms with Gasteiger partial charge < -0.3 is 23.7 Å². The molecular weight excluding hydrogens is 370 g/mol. The Bertz CT molecular complexity index is 621. The number of hydrogen-bond acceptors (Lipinski definition) is 8. The third-order valence-electron chi connectivity index (χ3n) is 3.38. The SMILES string of the molecule is COC(=O)OCC(COC(=O)OC)N(Cc1ccccc1)C(=O)OC(C)(C)C. The maximum absolute atomic E-state index is 12.8. The summed E-state index contributed by atoms with van der Waals surface area (Å²) in [6, 6.07) is 8.34. The number of amides is 1. The van der Waals surface area contributed by atoms with Gasteiger partial charge in [-0.05, 0) is 26.3 Å². The van der Waals surface area contributed by atoms with Crippen LogP contribution in [0.1, 0.15) is 26.3 Å². The number of nitrogens with zero attached hydrogens (tertiary/aromatic N) is 1. The Morgan fingerprint density at radius 1 is 0.929 bits per heavy atom. The lowest BCUT2D eigenvalue weighted by molar-refractivity contribution is -0.0189. The highest BCUT2D eigenvalue weighted by molar-refractivity contribution is 5.69. The maximum atomic E-state index is 12.8. The van der Waals surface area contributed by atoms with Crippen molar-refractivity contribution in [2.45, 2.75) is 39.0 Å². The van der Waals surface area contributed by atoms with Gasteiger partial charge in [-0.25, -0.2) is 14.4 Å². The number of hydrogen-bond donors (Lipinski definition) is 0. The Balaban J connectivity index is 3.07. The van der Waals surface area contributed by atoms with Crippen LogP contribution in [0.5, 0.6) is 0 Å². The van der Waals surface area contributed by atoms with Crippen molar-refractivity contribution in [1.29, 1.82) is 0 Å². The molecule has 0 aliphatic carbocycles. The minimum atomic E-state index is -0.924. The highest BCUT2D eigenvalue weighted by Gasteiger charge is 2.31. The van der Waals surface area contributed by atoms with Gasteiger partial charge in [0.2, 0.25) is 0 Å². The summed E-state index contributed by atoms with van der Waals surface area (Å²) in [6.07, 6.45) is -2.50.